The molecular weight excluding hydrogens is 330 g/mol. The minimum atomic E-state index is -0.428. The van der Waals surface area contributed by atoms with Gasteiger partial charge in [0.05, 0.1) is 11.1 Å². The summed E-state index contributed by atoms with van der Waals surface area (Å²) >= 11 is 3.48. The van der Waals surface area contributed by atoms with E-state index in [1.54, 1.807) is 0 Å². The molecule has 21 heavy (non-hydrogen) atoms. The van der Waals surface area contributed by atoms with Crippen LogP contribution in [-0.2, 0) is 9.59 Å². The lowest BCUT2D eigenvalue weighted by Gasteiger charge is -2.25. The molecule has 4 heteroatoms. The molecule has 0 aromatic heterocycles. The molecule has 1 aliphatic heterocycles. The van der Waals surface area contributed by atoms with E-state index < -0.39 is 5.41 Å². The molecule has 1 saturated heterocycles. The van der Waals surface area contributed by atoms with E-state index in [9.17, 15) is 9.59 Å². The van der Waals surface area contributed by atoms with Gasteiger partial charge in [0.15, 0.2) is 0 Å². The number of anilines is 1. The Morgan fingerprint density at radius 1 is 1.10 bits per heavy atom. The third-order valence-corrected chi connectivity index (χ3v) is 5.80. The van der Waals surface area contributed by atoms with Gasteiger partial charge in [0.1, 0.15) is 0 Å². The molecule has 1 spiro atoms. The summed E-state index contributed by atoms with van der Waals surface area (Å²) in [6, 6.07) is 5.68. The van der Waals surface area contributed by atoms with E-state index in [1.807, 2.05) is 25.1 Å². The van der Waals surface area contributed by atoms with Gasteiger partial charge < -0.3 is 0 Å². The largest absolute Gasteiger partial charge is 0.274 e. The van der Waals surface area contributed by atoms with Gasteiger partial charge in [-0.05, 0) is 37.5 Å². The van der Waals surface area contributed by atoms with Crippen LogP contribution in [0.3, 0.4) is 0 Å². The fourth-order valence-corrected chi connectivity index (χ4v) is 4.03. The molecule has 1 heterocycles. The monoisotopic (exact) mass is 349 g/mol. The normalized spacial score (nSPS) is 21.9. The van der Waals surface area contributed by atoms with Crippen molar-refractivity contribution in [2.24, 2.45) is 5.41 Å². The topological polar surface area (TPSA) is 37.4 Å². The Morgan fingerprint density at radius 3 is 2.43 bits per heavy atom. The SMILES string of the molecule is Cc1c(Br)cccc1N1C(=O)CC2(CCCCCC2)C1=O. The summed E-state index contributed by atoms with van der Waals surface area (Å²) in [5, 5.41) is 0. The van der Waals surface area contributed by atoms with Crippen LogP contribution in [0.15, 0.2) is 22.7 Å². The third kappa shape index (κ3) is 2.44. The van der Waals surface area contributed by atoms with Gasteiger partial charge in [0.2, 0.25) is 11.8 Å². The van der Waals surface area contributed by atoms with Gasteiger partial charge in [0, 0.05) is 10.9 Å². The summed E-state index contributed by atoms with van der Waals surface area (Å²) in [5.74, 6) is -0.0151. The first-order chi connectivity index (χ1) is 10.1. The highest BCUT2D eigenvalue weighted by Crippen LogP contribution is 2.46. The Bertz CT molecular complexity index is 588. The lowest BCUT2D eigenvalue weighted by molar-refractivity contribution is -0.126. The van der Waals surface area contributed by atoms with Gasteiger partial charge in [-0.2, -0.15) is 0 Å². The molecule has 2 aliphatic rings. The number of benzene rings is 1. The zero-order chi connectivity index (χ0) is 15.0. The molecule has 3 rings (SSSR count). The first-order valence-electron chi connectivity index (χ1n) is 7.68. The highest BCUT2D eigenvalue weighted by molar-refractivity contribution is 9.10. The van der Waals surface area contributed by atoms with E-state index in [1.165, 1.54) is 17.7 Å². The number of carbonyl (C=O) groups excluding carboxylic acids is 2. The Morgan fingerprint density at radius 2 is 1.76 bits per heavy atom. The van der Waals surface area contributed by atoms with Crippen LogP contribution >= 0.6 is 15.9 Å². The second kappa shape index (κ2) is 5.56. The van der Waals surface area contributed by atoms with Gasteiger partial charge in [-0.25, -0.2) is 4.90 Å². The summed E-state index contributed by atoms with van der Waals surface area (Å²) in [7, 11) is 0. The molecule has 0 atom stereocenters. The predicted molar refractivity (Wildman–Crippen MR) is 86.1 cm³/mol. The molecular formula is C17H20BrNO2. The van der Waals surface area contributed by atoms with E-state index in [0.717, 1.165) is 41.4 Å². The first kappa shape index (κ1) is 14.8. The van der Waals surface area contributed by atoms with E-state index >= 15 is 0 Å². The zero-order valence-corrected chi connectivity index (χ0v) is 13.9. The van der Waals surface area contributed by atoms with Crippen molar-refractivity contribution in [2.75, 3.05) is 4.90 Å². The molecule has 0 radical (unpaired) electrons. The Hall–Kier alpha value is -1.16. The van der Waals surface area contributed by atoms with Crippen LogP contribution in [0.25, 0.3) is 0 Å². The van der Waals surface area contributed by atoms with Crippen molar-refractivity contribution in [1.29, 1.82) is 0 Å². The van der Waals surface area contributed by atoms with E-state index in [0.29, 0.717) is 6.42 Å². The molecule has 2 amide bonds. The molecule has 1 aromatic rings. The molecule has 1 saturated carbocycles. The molecule has 1 aromatic carbocycles. The van der Waals surface area contributed by atoms with Gasteiger partial charge in [-0.3, -0.25) is 9.59 Å². The fourth-order valence-electron chi connectivity index (χ4n) is 3.67. The summed E-state index contributed by atoms with van der Waals surface area (Å²) < 4.78 is 0.933. The van der Waals surface area contributed by atoms with E-state index in [4.69, 9.17) is 0 Å². The van der Waals surface area contributed by atoms with Crippen LogP contribution in [0, 0.1) is 12.3 Å². The van der Waals surface area contributed by atoms with Crippen molar-refractivity contribution in [1.82, 2.24) is 0 Å². The lowest BCUT2D eigenvalue weighted by atomic mass is 9.79. The number of rotatable bonds is 1. The molecule has 0 bridgehead atoms. The Balaban J connectivity index is 1.99. The van der Waals surface area contributed by atoms with Crippen LogP contribution in [-0.4, -0.2) is 11.8 Å². The van der Waals surface area contributed by atoms with Crippen LogP contribution < -0.4 is 4.90 Å². The van der Waals surface area contributed by atoms with Gasteiger partial charge in [-0.1, -0.05) is 47.7 Å². The molecule has 0 N–H and O–H groups in total. The average molecular weight is 350 g/mol. The van der Waals surface area contributed by atoms with Gasteiger partial charge in [-0.15, -0.1) is 0 Å². The molecule has 1 aliphatic carbocycles. The zero-order valence-electron chi connectivity index (χ0n) is 12.3. The summed E-state index contributed by atoms with van der Waals surface area (Å²) in [5.41, 5.74) is 1.26. The number of imide groups is 1. The number of amides is 2. The van der Waals surface area contributed by atoms with Crippen molar-refractivity contribution in [3.8, 4) is 0 Å². The van der Waals surface area contributed by atoms with Crippen LogP contribution in [0.5, 0.6) is 0 Å². The highest BCUT2D eigenvalue weighted by Gasteiger charge is 2.51. The maximum absolute atomic E-state index is 13.0. The van der Waals surface area contributed by atoms with Crippen molar-refractivity contribution >= 4 is 33.4 Å². The average Bonchev–Trinajstić information content (AvgIpc) is 2.62. The number of nitrogens with zero attached hydrogens (tertiary/aromatic N) is 1. The van der Waals surface area contributed by atoms with Crippen molar-refractivity contribution < 1.29 is 9.59 Å². The van der Waals surface area contributed by atoms with E-state index in [2.05, 4.69) is 15.9 Å². The quantitative estimate of drug-likeness (QED) is 0.706. The summed E-state index contributed by atoms with van der Waals surface area (Å²) in [6.45, 7) is 1.94. The maximum Gasteiger partial charge on any atom is 0.240 e. The minimum absolute atomic E-state index is 0.0237. The van der Waals surface area contributed by atoms with Crippen molar-refractivity contribution in [3.05, 3.63) is 28.2 Å². The number of carbonyl (C=O) groups is 2. The Labute approximate surface area is 133 Å². The molecule has 2 fully saturated rings. The number of hydrogen-bond acceptors (Lipinski definition) is 2. The van der Waals surface area contributed by atoms with Crippen molar-refractivity contribution in [2.45, 2.75) is 51.9 Å². The van der Waals surface area contributed by atoms with Gasteiger partial charge in [0.25, 0.3) is 0 Å². The molecule has 112 valence electrons. The first-order valence-corrected chi connectivity index (χ1v) is 8.47. The van der Waals surface area contributed by atoms with Crippen LogP contribution in [0.4, 0.5) is 5.69 Å². The number of halogens is 1. The predicted octanol–water partition coefficient (Wildman–Crippen LogP) is 4.36. The smallest absolute Gasteiger partial charge is 0.240 e. The molecule has 3 nitrogen and oxygen atoms in total. The lowest BCUT2D eigenvalue weighted by Crippen LogP contribution is -2.36. The summed E-state index contributed by atoms with van der Waals surface area (Å²) in [4.78, 5) is 27.0. The van der Waals surface area contributed by atoms with Crippen LogP contribution in [0.1, 0.15) is 50.5 Å². The highest BCUT2D eigenvalue weighted by atomic mass is 79.9. The second-order valence-electron chi connectivity index (χ2n) is 6.29. The third-order valence-electron chi connectivity index (χ3n) is 4.94. The minimum Gasteiger partial charge on any atom is -0.274 e. The molecule has 0 unspecified atom stereocenters. The van der Waals surface area contributed by atoms with Crippen LogP contribution in [0.2, 0.25) is 0 Å². The Kier molecular flexibility index (Phi) is 3.91. The second-order valence-corrected chi connectivity index (χ2v) is 7.14. The van der Waals surface area contributed by atoms with Crippen molar-refractivity contribution in [3.63, 3.8) is 0 Å². The van der Waals surface area contributed by atoms with Gasteiger partial charge >= 0.3 is 0 Å². The van der Waals surface area contributed by atoms with E-state index in [-0.39, 0.29) is 11.8 Å². The number of hydrogen-bond donors (Lipinski definition) is 0. The maximum atomic E-state index is 13.0. The summed E-state index contributed by atoms with van der Waals surface area (Å²) in [6.07, 6.45) is 6.59. The fraction of sp³-hybridized carbons (Fsp3) is 0.529. The standard InChI is InChI=1S/C17H20BrNO2/c1-12-13(18)7-6-8-14(12)19-15(20)11-17(16(19)21)9-4-2-3-5-10-17/h6-8H,2-5,9-11H2,1H3.